The van der Waals surface area contributed by atoms with Crippen molar-refractivity contribution in [3.63, 3.8) is 0 Å². The quantitative estimate of drug-likeness (QED) is 0.856. The van der Waals surface area contributed by atoms with Crippen LogP contribution in [-0.2, 0) is 13.1 Å². The summed E-state index contributed by atoms with van der Waals surface area (Å²) in [6.45, 7) is 3.46. The number of anilines is 1. The Labute approximate surface area is 99.5 Å². The zero-order chi connectivity index (χ0) is 12.3. The predicted molar refractivity (Wildman–Crippen MR) is 66.7 cm³/mol. The van der Waals surface area contributed by atoms with Crippen molar-refractivity contribution in [2.24, 2.45) is 0 Å². The first-order valence-electron chi connectivity index (χ1n) is 5.60. The zero-order valence-corrected chi connectivity index (χ0v) is 9.84. The van der Waals surface area contributed by atoms with Crippen molar-refractivity contribution in [3.05, 3.63) is 46.6 Å². The third kappa shape index (κ3) is 2.96. The van der Waals surface area contributed by atoms with Crippen LogP contribution < -0.4 is 11.3 Å². The van der Waals surface area contributed by atoms with Crippen molar-refractivity contribution in [2.45, 2.75) is 26.4 Å². The molecule has 0 saturated carbocycles. The first kappa shape index (κ1) is 11.4. The molecule has 0 aliphatic heterocycles. The summed E-state index contributed by atoms with van der Waals surface area (Å²) in [7, 11) is 0. The second kappa shape index (κ2) is 4.86. The van der Waals surface area contributed by atoms with Crippen LogP contribution in [-0.4, -0.2) is 14.3 Å². The molecule has 0 amide bonds. The van der Waals surface area contributed by atoms with Gasteiger partial charge in [-0.25, -0.2) is 0 Å². The van der Waals surface area contributed by atoms with Crippen LogP contribution in [0.4, 0.5) is 5.69 Å². The van der Waals surface area contributed by atoms with Gasteiger partial charge in [0.05, 0.1) is 6.20 Å². The minimum atomic E-state index is -0.0177. The number of nitrogens with two attached hydrogens (primary N) is 1. The minimum Gasteiger partial charge on any atom is -0.398 e. The van der Waals surface area contributed by atoms with E-state index in [2.05, 4.69) is 5.10 Å². The molecule has 2 rings (SSSR count). The molecule has 0 spiro atoms. The highest BCUT2D eigenvalue weighted by atomic mass is 16.1. The summed E-state index contributed by atoms with van der Waals surface area (Å²) in [5, 5.41) is 4.19. The Kier molecular flexibility index (Phi) is 3.27. The number of aryl methyl sites for hydroxylation is 3. The Morgan fingerprint density at radius 1 is 1.29 bits per heavy atom. The van der Waals surface area contributed by atoms with Crippen LogP contribution in [0.3, 0.4) is 0 Å². The Balaban J connectivity index is 1.94. The molecule has 2 aromatic heterocycles. The number of nitrogen functional groups attached to an aromatic ring is 1. The lowest BCUT2D eigenvalue weighted by molar-refractivity contribution is 0.520. The molecule has 5 heteroatoms. The van der Waals surface area contributed by atoms with E-state index in [0.29, 0.717) is 12.2 Å². The first-order chi connectivity index (χ1) is 8.15. The number of rotatable bonds is 4. The smallest absolute Gasteiger partial charge is 0.250 e. The maximum Gasteiger partial charge on any atom is 0.250 e. The molecule has 0 radical (unpaired) electrons. The summed E-state index contributed by atoms with van der Waals surface area (Å²) < 4.78 is 3.51. The van der Waals surface area contributed by atoms with E-state index in [1.54, 1.807) is 16.8 Å². The van der Waals surface area contributed by atoms with Gasteiger partial charge in [0.1, 0.15) is 0 Å². The Morgan fingerprint density at radius 2 is 2.12 bits per heavy atom. The molecule has 5 nitrogen and oxygen atoms in total. The molecule has 0 aliphatic rings. The normalized spacial score (nSPS) is 10.6. The van der Waals surface area contributed by atoms with E-state index >= 15 is 0 Å². The van der Waals surface area contributed by atoms with E-state index in [0.717, 1.165) is 18.5 Å². The minimum absolute atomic E-state index is 0.0177. The molecule has 2 N–H and O–H groups in total. The number of hydrogen-bond donors (Lipinski definition) is 1. The first-order valence-corrected chi connectivity index (χ1v) is 5.60. The summed E-state index contributed by atoms with van der Waals surface area (Å²) >= 11 is 0. The van der Waals surface area contributed by atoms with Gasteiger partial charge in [0.15, 0.2) is 0 Å². The Morgan fingerprint density at radius 3 is 2.82 bits per heavy atom. The monoisotopic (exact) mass is 232 g/mol. The molecule has 0 unspecified atom stereocenters. The molecule has 0 aliphatic carbocycles. The summed E-state index contributed by atoms with van der Waals surface area (Å²) in [4.78, 5) is 11.5. The predicted octanol–water partition coefficient (Wildman–Crippen LogP) is 1.03. The standard InChI is InChI=1S/C12H16N4O/c1-10-7-14-16(8-10)6-2-5-15-9-11(13)3-4-12(15)17/h3-4,7-9H,2,5-6,13H2,1H3. The van der Waals surface area contributed by atoms with Gasteiger partial charge in [-0.3, -0.25) is 9.48 Å². The molecule has 90 valence electrons. The molecule has 2 heterocycles. The number of nitrogens with zero attached hydrogens (tertiary/aromatic N) is 3. The fourth-order valence-electron chi connectivity index (χ4n) is 1.72. The van der Waals surface area contributed by atoms with Gasteiger partial charge in [0.25, 0.3) is 5.56 Å². The topological polar surface area (TPSA) is 65.8 Å². The highest BCUT2D eigenvalue weighted by Gasteiger charge is 1.98. The summed E-state index contributed by atoms with van der Waals surface area (Å²) in [6.07, 6.45) is 6.34. The van der Waals surface area contributed by atoms with Crippen LogP contribution in [0.25, 0.3) is 0 Å². The van der Waals surface area contributed by atoms with Crippen molar-refractivity contribution in [1.82, 2.24) is 14.3 Å². The van der Waals surface area contributed by atoms with Crippen LogP contribution in [0.2, 0.25) is 0 Å². The molecule has 0 saturated heterocycles. The van der Waals surface area contributed by atoms with Crippen LogP contribution >= 0.6 is 0 Å². The molecular formula is C12H16N4O. The summed E-state index contributed by atoms with van der Waals surface area (Å²) in [5.74, 6) is 0. The Hall–Kier alpha value is -2.04. The average Bonchev–Trinajstić information content (AvgIpc) is 2.69. The van der Waals surface area contributed by atoms with E-state index in [1.165, 1.54) is 6.07 Å². The average molecular weight is 232 g/mol. The van der Waals surface area contributed by atoms with Crippen LogP contribution in [0.1, 0.15) is 12.0 Å². The van der Waals surface area contributed by atoms with Crippen molar-refractivity contribution < 1.29 is 0 Å². The van der Waals surface area contributed by atoms with E-state index < -0.39 is 0 Å². The maximum atomic E-state index is 11.5. The molecule has 17 heavy (non-hydrogen) atoms. The number of hydrogen-bond acceptors (Lipinski definition) is 3. The van der Waals surface area contributed by atoms with Gasteiger partial charge in [0.2, 0.25) is 0 Å². The van der Waals surface area contributed by atoms with Crippen LogP contribution in [0, 0.1) is 6.92 Å². The summed E-state index contributed by atoms with van der Waals surface area (Å²) in [5.41, 5.74) is 7.37. The van der Waals surface area contributed by atoms with Crippen LogP contribution in [0.5, 0.6) is 0 Å². The molecule has 2 aromatic rings. The molecule has 0 atom stereocenters. The van der Waals surface area contributed by atoms with Gasteiger partial charge >= 0.3 is 0 Å². The second-order valence-electron chi connectivity index (χ2n) is 4.13. The largest absolute Gasteiger partial charge is 0.398 e. The highest BCUT2D eigenvalue weighted by molar-refractivity contribution is 5.33. The second-order valence-corrected chi connectivity index (χ2v) is 4.13. The third-order valence-corrected chi connectivity index (χ3v) is 2.55. The van der Waals surface area contributed by atoms with E-state index in [4.69, 9.17) is 5.73 Å². The van der Waals surface area contributed by atoms with Crippen molar-refractivity contribution in [3.8, 4) is 0 Å². The lowest BCUT2D eigenvalue weighted by Gasteiger charge is -2.06. The van der Waals surface area contributed by atoms with Crippen LogP contribution in [0.15, 0.2) is 35.5 Å². The maximum absolute atomic E-state index is 11.5. The third-order valence-electron chi connectivity index (χ3n) is 2.55. The van der Waals surface area contributed by atoms with Gasteiger partial charge < -0.3 is 10.3 Å². The van der Waals surface area contributed by atoms with E-state index in [-0.39, 0.29) is 5.56 Å². The van der Waals surface area contributed by atoms with Gasteiger partial charge in [0, 0.05) is 37.2 Å². The summed E-state index contributed by atoms with van der Waals surface area (Å²) in [6, 6.07) is 3.11. The van der Waals surface area contributed by atoms with Crippen molar-refractivity contribution in [1.29, 1.82) is 0 Å². The fourth-order valence-corrected chi connectivity index (χ4v) is 1.72. The lowest BCUT2D eigenvalue weighted by Crippen LogP contribution is -2.19. The van der Waals surface area contributed by atoms with Crippen molar-refractivity contribution >= 4 is 5.69 Å². The zero-order valence-electron chi connectivity index (χ0n) is 9.84. The van der Waals surface area contributed by atoms with Gasteiger partial charge in [-0.15, -0.1) is 0 Å². The fraction of sp³-hybridized carbons (Fsp3) is 0.333. The lowest BCUT2D eigenvalue weighted by atomic mass is 10.3. The molecule has 0 aromatic carbocycles. The Bertz CT molecular complexity index is 556. The van der Waals surface area contributed by atoms with Gasteiger partial charge in [-0.1, -0.05) is 0 Å². The SMILES string of the molecule is Cc1cnn(CCCn2cc(N)ccc2=O)c1. The molecule has 0 bridgehead atoms. The molecular weight excluding hydrogens is 216 g/mol. The number of aromatic nitrogens is 3. The van der Waals surface area contributed by atoms with Gasteiger partial charge in [-0.2, -0.15) is 5.10 Å². The van der Waals surface area contributed by atoms with E-state index in [1.807, 2.05) is 24.0 Å². The highest BCUT2D eigenvalue weighted by Crippen LogP contribution is 1.99. The van der Waals surface area contributed by atoms with Crippen molar-refractivity contribution in [2.75, 3.05) is 5.73 Å². The van der Waals surface area contributed by atoms with Gasteiger partial charge in [-0.05, 0) is 25.0 Å². The number of pyridine rings is 1. The molecule has 0 fully saturated rings. The van der Waals surface area contributed by atoms with E-state index in [9.17, 15) is 4.79 Å².